The van der Waals surface area contributed by atoms with Crippen molar-refractivity contribution in [1.29, 1.82) is 0 Å². The Balaban J connectivity index is 3.26. The Kier molecular flexibility index (Phi) is 4.68. The van der Waals surface area contributed by atoms with E-state index in [4.69, 9.17) is 17.3 Å². The average molecular weight is 256 g/mol. The molecular formula is C11H16N2O3S. The van der Waals surface area contributed by atoms with Crippen molar-refractivity contribution in [1.82, 2.24) is 5.32 Å². The molecule has 0 aromatic heterocycles. The van der Waals surface area contributed by atoms with Gasteiger partial charge < -0.3 is 26.0 Å². The second kappa shape index (κ2) is 5.81. The molecule has 1 aromatic carbocycles. The van der Waals surface area contributed by atoms with Crippen LogP contribution >= 0.6 is 12.2 Å². The first-order chi connectivity index (χ1) is 8.04. The summed E-state index contributed by atoms with van der Waals surface area (Å²) >= 11 is 4.98. The topological polar surface area (TPSA) is 84.8 Å². The Morgan fingerprint density at radius 1 is 1.35 bits per heavy atom. The van der Waals surface area contributed by atoms with Crippen LogP contribution in [0.3, 0.4) is 0 Å². The molecular weight excluding hydrogens is 240 g/mol. The molecule has 94 valence electrons. The summed E-state index contributed by atoms with van der Waals surface area (Å²) in [6.07, 6.45) is 0. The standard InChI is InChI=1S/C11H16N2O3S/c1-6-8(5-15)10(16)7(4-14)3-9(6)13-11(17)12-2/h3,14-16H,4-5H2,1-2H3,(H2,12,13,17). The van der Waals surface area contributed by atoms with Crippen molar-refractivity contribution in [2.75, 3.05) is 12.4 Å². The van der Waals surface area contributed by atoms with Gasteiger partial charge in [0.25, 0.3) is 0 Å². The highest BCUT2D eigenvalue weighted by atomic mass is 32.1. The van der Waals surface area contributed by atoms with Crippen molar-refractivity contribution in [3.05, 3.63) is 22.8 Å². The first-order valence-corrected chi connectivity index (χ1v) is 5.50. The molecule has 0 fully saturated rings. The van der Waals surface area contributed by atoms with E-state index in [1.54, 1.807) is 20.0 Å². The summed E-state index contributed by atoms with van der Waals surface area (Å²) < 4.78 is 0. The van der Waals surface area contributed by atoms with Gasteiger partial charge in [-0.15, -0.1) is 0 Å². The number of phenols is 1. The Hall–Kier alpha value is -1.37. The molecule has 0 radical (unpaired) electrons. The highest BCUT2D eigenvalue weighted by molar-refractivity contribution is 7.80. The summed E-state index contributed by atoms with van der Waals surface area (Å²) in [6.45, 7) is 1.15. The second-order valence-corrected chi connectivity index (χ2v) is 3.96. The van der Waals surface area contributed by atoms with Gasteiger partial charge in [0.2, 0.25) is 0 Å². The number of hydrogen-bond acceptors (Lipinski definition) is 4. The second-order valence-electron chi connectivity index (χ2n) is 3.56. The van der Waals surface area contributed by atoms with Crippen molar-refractivity contribution in [3.8, 4) is 5.75 Å². The molecule has 0 unspecified atom stereocenters. The van der Waals surface area contributed by atoms with Crippen LogP contribution in [0.15, 0.2) is 6.07 Å². The molecule has 6 heteroatoms. The zero-order valence-corrected chi connectivity index (χ0v) is 10.6. The van der Waals surface area contributed by atoms with Crippen LogP contribution in [-0.2, 0) is 13.2 Å². The zero-order chi connectivity index (χ0) is 13.0. The van der Waals surface area contributed by atoms with Crippen molar-refractivity contribution < 1.29 is 15.3 Å². The fraction of sp³-hybridized carbons (Fsp3) is 0.364. The highest BCUT2D eigenvalue weighted by Crippen LogP contribution is 2.31. The van der Waals surface area contributed by atoms with E-state index in [9.17, 15) is 10.2 Å². The molecule has 0 saturated heterocycles. The van der Waals surface area contributed by atoms with Crippen LogP contribution in [0.4, 0.5) is 5.69 Å². The molecule has 0 atom stereocenters. The predicted octanol–water partition coefficient (Wildman–Crippen LogP) is 0.601. The molecule has 0 amide bonds. The van der Waals surface area contributed by atoms with E-state index in [2.05, 4.69) is 10.6 Å². The number of benzene rings is 1. The number of thiocarbonyl (C=S) groups is 1. The Bertz CT molecular complexity index is 435. The van der Waals surface area contributed by atoms with Crippen LogP contribution in [-0.4, -0.2) is 27.5 Å². The normalized spacial score (nSPS) is 10.1. The van der Waals surface area contributed by atoms with Gasteiger partial charge in [-0.05, 0) is 30.8 Å². The molecule has 0 aliphatic heterocycles. The van der Waals surface area contributed by atoms with Gasteiger partial charge in [0, 0.05) is 23.9 Å². The molecule has 5 nitrogen and oxygen atoms in total. The van der Waals surface area contributed by atoms with Crippen LogP contribution in [0.5, 0.6) is 5.75 Å². The smallest absolute Gasteiger partial charge is 0.170 e. The van der Waals surface area contributed by atoms with E-state index < -0.39 is 0 Å². The average Bonchev–Trinajstić information content (AvgIpc) is 2.33. The number of hydrogen-bond donors (Lipinski definition) is 5. The van der Waals surface area contributed by atoms with E-state index in [1.165, 1.54) is 0 Å². The van der Waals surface area contributed by atoms with Gasteiger partial charge in [-0.25, -0.2) is 0 Å². The molecule has 5 N–H and O–H groups in total. The highest BCUT2D eigenvalue weighted by Gasteiger charge is 2.14. The van der Waals surface area contributed by atoms with E-state index in [1.807, 2.05) is 0 Å². The first-order valence-electron chi connectivity index (χ1n) is 5.09. The summed E-state index contributed by atoms with van der Waals surface area (Å²) in [5.74, 6) is -0.0755. The van der Waals surface area contributed by atoms with E-state index in [0.717, 1.165) is 0 Å². The third-order valence-corrected chi connectivity index (χ3v) is 2.88. The van der Waals surface area contributed by atoms with E-state index >= 15 is 0 Å². The van der Waals surface area contributed by atoms with Crippen molar-refractivity contribution in [2.45, 2.75) is 20.1 Å². The lowest BCUT2D eigenvalue weighted by Gasteiger charge is -2.16. The van der Waals surface area contributed by atoms with Crippen LogP contribution in [0.1, 0.15) is 16.7 Å². The Labute approximate surface area is 105 Å². The van der Waals surface area contributed by atoms with Gasteiger partial charge in [-0.1, -0.05) is 0 Å². The zero-order valence-electron chi connectivity index (χ0n) is 9.74. The van der Waals surface area contributed by atoms with Gasteiger partial charge in [0.15, 0.2) is 5.11 Å². The fourth-order valence-electron chi connectivity index (χ4n) is 1.51. The lowest BCUT2D eigenvalue weighted by Crippen LogP contribution is -2.24. The molecule has 0 heterocycles. The van der Waals surface area contributed by atoms with Crippen LogP contribution in [0.25, 0.3) is 0 Å². The summed E-state index contributed by atoms with van der Waals surface area (Å²) in [7, 11) is 1.69. The minimum absolute atomic E-state index is 0.0755. The van der Waals surface area contributed by atoms with Gasteiger partial charge in [0.1, 0.15) is 5.75 Å². The maximum atomic E-state index is 9.79. The minimum Gasteiger partial charge on any atom is -0.507 e. The van der Waals surface area contributed by atoms with Crippen LogP contribution < -0.4 is 10.6 Å². The summed E-state index contributed by atoms with van der Waals surface area (Å²) in [6, 6.07) is 1.60. The lowest BCUT2D eigenvalue weighted by atomic mass is 10.0. The molecule has 0 spiro atoms. The summed E-state index contributed by atoms with van der Waals surface area (Å²) in [4.78, 5) is 0. The number of nitrogens with one attached hydrogen (secondary N) is 2. The SMILES string of the molecule is CNC(=S)Nc1cc(CO)c(O)c(CO)c1C. The van der Waals surface area contributed by atoms with Gasteiger partial charge >= 0.3 is 0 Å². The number of aliphatic hydroxyl groups is 2. The van der Waals surface area contributed by atoms with Crippen molar-refractivity contribution in [2.24, 2.45) is 0 Å². The molecule has 0 bridgehead atoms. The summed E-state index contributed by atoms with van der Waals surface area (Å²) in [5, 5.41) is 34.2. The number of aromatic hydroxyl groups is 1. The van der Waals surface area contributed by atoms with Crippen molar-refractivity contribution in [3.63, 3.8) is 0 Å². The quantitative estimate of drug-likeness (QED) is 0.402. The summed E-state index contributed by atoms with van der Waals surface area (Å²) in [5.41, 5.74) is 2.08. The number of rotatable bonds is 3. The minimum atomic E-state index is -0.305. The Morgan fingerprint density at radius 2 is 2.00 bits per heavy atom. The predicted molar refractivity (Wildman–Crippen MR) is 70.0 cm³/mol. The molecule has 0 aliphatic rings. The lowest BCUT2D eigenvalue weighted by molar-refractivity contribution is 0.263. The van der Waals surface area contributed by atoms with Gasteiger partial charge in [-0.3, -0.25) is 0 Å². The molecule has 0 aliphatic carbocycles. The maximum absolute atomic E-state index is 9.79. The molecule has 0 saturated carbocycles. The van der Waals surface area contributed by atoms with Crippen molar-refractivity contribution >= 4 is 23.0 Å². The number of aliphatic hydroxyl groups excluding tert-OH is 2. The van der Waals surface area contributed by atoms with Crippen LogP contribution in [0, 0.1) is 6.92 Å². The third kappa shape index (κ3) is 2.85. The molecule has 1 aromatic rings. The third-order valence-electron chi connectivity index (χ3n) is 2.57. The number of anilines is 1. The van der Waals surface area contributed by atoms with Crippen LogP contribution in [0.2, 0.25) is 0 Å². The van der Waals surface area contributed by atoms with Gasteiger partial charge in [0.05, 0.1) is 13.2 Å². The molecule has 17 heavy (non-hydrogen) atoms. The Morgan fingerprint density at radius 3 is 2.47 bits per heavy atom. The first kappa shape index (κ1) is 13.7. The van der Waals surface area contributed by atoms with E-state index in [0.29, 0.717) is 27.5 Å². The largest absolute Gasteiger partial charge is 0.507 e. The maximum Gasteiger partial charge on any atom is 0.170 e. The molecule has 1 rings (SSSR count). The van der Waals surface area contributed by atoms with Gasteiger partial charge in [-0.2, -0.15) is 0 Å². The van der Waals surface area contributed by atoms with E-state index in [-0.39, 0.29) is 19.0 Å². The monoisotopic (exact) mass is 256 g/mol. The fourth-order valence-corrected chi connectivity index (χ4v) is 1.62.